The number of aliphatic hydroxyl groups is 1. The molecule has 1 atom stereocenters. The Bertz CT molecular complexity index is 592. The highest BCUT2D eigenvalue weighted by Crippen LogP contribution is 2.19. The van der Waals surface area contributed by atoms with Gasteiger partial charge in [0.2, 0.25) is 5.91 Å². The Kier molecular flexibility index (Phi) is 5.00. The predicted octanol–water partition coefficient (Wildman–Crippen LogP) is 1.99. The van der Waals surface area contributed by atoms with Gasteiger partial charge in [-0.1, -0.05) is 12.1 Å². The van der Waals surface area contributed by atoms with Crippen molar-refractivity contribution in [2.24, 2.45) is 0 Å². The van der Waals surface area contributed by atoms with Gasteiger partial charge in [-0.25, -0.2) is 0 Å². The third-order valence-corrected chi connectivity index (χ3v) is 3.20. The first-order valence-corrected chi connectivity index (χ1v) is 6.72. The average Bonchev–Trinajstić information content (AvgIpc) is 3.01. The summed E-state index contributed by atoms with van der Waals surface area (Å²) in [6.07, 6.45) is 0.886. The third kappa shape index (κ3) is 4.10. The summed E-state index contributed by atoms with van der Waals surface area (Å²) in [5.41, 5.74) is 1.89. The maximum atomic E-state index is 11.9. The van der Waals surface area contributed by atoms with Gasteiger partial charge in [0.1, 0.15) is 17.6 Å². The maximum Gasteiger partial charge on any atom is 0.224 e. The van der Waals surface area contributed by atoms with E-state index in [9.17, 15) is 9.90 Å². The van der Waals surface area contributed by atoms with Gasteiger partial charge in [0.05, 0.1) is 26.3 Å². The van der Waals surface area contributed by atoms with E-state index in [0.29, 0.717) is 5.76 Å². The van der Waals surface area contributed by atoms with E-state index in [0.717, 1.165) is 16.9 Å². The molecule has 0 aliphatic rings. The normalized spacial score (nSPS) is 12.0. The molecule has 0 bridgehead atoms. The van der Waals surface area contributed by atoms with Crippen molar-refractivity contribution >= 4 is 5.91 Å². The molecule has 112 valence electrons. The Morgan fingerprint density at radius 3 is 2.90 bits per heavy atom. The fraction of sp³-hybridized carbons (Fsp3) is 0.312. The molecular weight excluding hydrogens is 270 g/mol. The largest absolute Gasteiger partial charge is 0.496 e. The van der Waals surface area contributed by atoms with Crippen LogP contribution in [0.4, 0.5) is 0 Å². The first-order valence-electron chi connectivity index (χ1n) is 6.72. The van der Waals surface area contributed by atoms with Gasteiger partial charge in [-0.05, 0) is 36.2 Å². The van der Waals surface area contributed by atoms with Gasteiger partial charge in [0.15, 0.2) is 0 Å². The van der Waals surface area contributed by atoms with Crippen LogP contribution in [0, 0.1) is 6.92 Å². The molecule has 1 amide bonds. The standard InChI is InChI=1S/C16H19NO4/c1-11-5-6-12(8-15(11)20-2)9-16(19)17-10-13(18)14-4-3-7-21-14/h3-8,13,18H,9-10H2,1-2H3,(H,17,19). The number of furan rings is 1. The quantitative estimate of drug-likeness (QED) is 0.853. The number of amides is 1. The second kappa shape index (κ2) is 6.95. The number of benzene rings is 1. The molecule has 0 saturated heterocycles. The molecule has 1 unspecified atom stereocenters. The van der Waals surface area contributed by atoms with Crippen molar-refractivity contribution in [3.63, 3.8) is 0 Å². The van der Waals surface area contributed by atoms with Crippen LogP contribution < -0.4 is 10.1 Å². The molecule has 0 saturated carbocycles. The van der Waals surface area contributed by atoms with E-state index >= 15 is 0 Å². The van der Waals surface area contributed by atoms with Crippen LogP contribution in [-0.4, -0.2) is 24.7 Å². The van der Waals surface area contributed by atoms with E-state index in [1.54, 1.807) is 19.2 Å². The lowest BCUT2D eigenvalue weighted by Crippen LogP contribution is -2.29. The van der Waals surface area contributed by atoms with E-state index in [1.165, 1.54) is 6.26 Å². The van der Waals surface area contributed by atoms with Crippen LogP contribution in [0.25, 0.3) is 0 Å². The molecule has 5 heteroatoms. The van der Waals surface area contributed by atoms with E-state index in [4.69, 9.17) is 9.15 Å². The van der Waals surface area contributed by atoms with Crippen molar-refractivity contribution in [3.8, 4) is 5.75 Å². The third-order valence-electron chi connectivity index (χ3n) is 3.20. The van der Waals surface area contributed by atoms with Gasteiger partial charge >= 0.3 is 0 Å². The number of ether oxygens (including phenoxy) is 1. The number of carbonyl (C=O) groups excluding carboxylic acids is 1. The first kappa shape index (κ1) is 15.1. The van der Waals surface area contributed by atoms with Crippen molar-refractivity contribution in [2.45, 2.75) is 19.4 Å². The lowest BCUT2D eigenvalue weighted by Gasteiger charge is -2.11. The van der Waals surface area contributed by atoms with Gasteiger partial charge in [-0.2, -0.15) is 0 Å². The Balaban J connectivity index is 1.87. The fourth-order valence-corrected chi connectivity index (χ4v) is 2.01. The fourth-order valence-electron chi connectivity index (χ4n) is 2.01. The molecule has 1 aromatic heterocycles. The van der Waals surface area contributed by atoms with Crippen LogP contribution >= 0.6 is 0 Å². The number of methoxy groups -OCH3 is 1. The number of hydrogen-bond donors (Lipinski definition) is 2. The van der Waals surface area contributed by atoms with Crippen LogP contribution in [0.15, 0.2) is 41.0 Å². The molecule has 1 heterocycles. The molecule has 5 nitrogen and oxygen atoms in total. The van der Waals surface area contributed by atoms with Gasteiger partial charge < -0.3 is 19.6 Å². The highest BCUT2D eigenvalue weighted by Gasteiger charge is 2.12. The van der Waals surface area contributed by atoms with Crippen LogP contribution in [-0.2, 0) is 11.2 Å². The molecule has 0 spiro atoms. The summed E-state index contributed by atoms with van der Waals surface area (Å²) >= 11 is 0. The van der Waals surface area contributed by atoms with Gasteiger partial charge in [-0.3, -0.25) is 4.79 Å². The SMILES string of the molecule is COc1cc(CC(=O)NCC(O)c2ccco2)ccc1C. The Labute approximate surface area is 123 Å². The highest BCUT2D eigenvalue weighted by atomic mass is 16.5. The topological polar surface area (TPSA) is 71.7 Å². The van der Waals surface area contributed by atoms with Crippen molar-refractivity contribution in [1.82, 2.24) is 5.32 Å². The number of carbonyl (C=O) groups is 1. The smallest absolute Gasteiger partial charge is 0.224 e. The van der Waals surface area contributed by atoms with Crippen LogP contribution in [0.1, 0.15) is 23.0 Å². The number of hydrogen-bond acceptors (Lipinski definition) is 4. The van der Waals surface area contributed by atoms with E-state index in [-0.39, 0.29) is 18.9 Å². The Hall–Kier alpha value is -2.27. The zero-order valence-corrected chi connectivity index (χ0v) is 12.1. The lowest BCUT2D eigenvalue weighted by atomic mass is 10.1. The average molecular weight is 289 g/mol. The second-order valence-corrected chi connectivity index (χ2v) is 4.82. The second-order valence-electron chi connectivity index (χ2n) is 4.82. The number of aryl methyl sites for hydroxylation is 1. The van der Waals surface area contributed by atoms with Gasteiger partial charge in [-0.15, -0.1) is 0 Å². The molecule has 0 fully saturated rings. The Morgan fingerprint density at radius 1 is 1.43 bits per heavy atom. The van der Waals surface area contributed by atoms with Crippen molar-refractivity contribution < 1.29 is 19.1 Å². The summed E-state index contributed by atoms with van der Waals surface area (Å²) in [6, 6.07) is 9.01. The Morgan fingerprint density at radius 2 is 2.24 bits per heavy atom. The van der Waals surface area contributed by atoms with E-state index in [2.05, 4.69) is 5.32 Å². The maximum absolute atomic E-state index is 11.9. The number of nitrogens with one attached hydrogen (secondary N) is 1. The van der Waals surface area contributed by atoms with E-state index < -0.39 is 6.10 Å². The zero-order valence-electron chi connectivity index (χ0n) is 12.1. The zero-order chi connectivity index (χ0) is 15.2. The molecule has 0 aliphatic heterocycles. The van der Waals surface area contributed by atoms with E-state index in [1.807, 2.05) is 25.1 Å². The molecule has 1 aromatic carbocycles. The minimum absolute atomic E-state index is 0.120. The molecular formula is C16H19NO4. The van der Waals surface area contributed by atoms with Crippen LogP contribution in [0.2, 0.25) is 0 Å². The van der Waals surface area contributed by atoms with Crippen molar-refractivity contribution in [2.75, 3.05) is 13.7 Å². The summed E-state index contributed by atoms with van der Waals surface area (Å²) in [7, 11) is 1.60. The summed E-state index contributed by atoms with van der Waals surface area (Å²) in [6.45, 7) is 2.07. The minimum Gasteiger partial charge on any atom is -0.496 e. The van der Waals surface area contributed by atoms with Gasteiger partial charge in [0.25, 0.3) is 0 Å². The first-order chi connectivity index (χ1) is 10.1. The summed E-state index contributed by atoms with van der Waals surface area (Å²) in [4.78, 5) is 11.9. The van der Waals surface area contributed by atoms with Crippen molar-refractivity contribution in [3.05, 3.63) is 53.5 Å². The molecule has 2 rings (SSSR count). The lowest BCUT2D eigenvalue weighted by molar-refractivity contribution is -0.120. The highest BCUT2D eigenvalue weighted by molar-refractivity contribution is 5.78. The molecule has 21 heavy (non-hydrogen) atoms. The van der Waals surface area contributed by atoms with Crippen LogP contribution in [0.5, 0.6) is 5.75 Å². The molecule has 2 aromatic rings. The summed E-state index contributed by atoms with van der Waals surface area (Å²) < 4.78 is 10.3. The van der Waals surface area contributed by atoms with Crippen molar-refractivity contribution in [1.29, 1.82) is 0 Å². The van der Waals surface area contributed by atoms with Crippen LogP contribution in [0.3, 0.4) is 0 Å². The summed E-state index contributed by atoms with van der Waals surface area (Å²) in [5.74, 6) is 1.04. The molecule has 0 aliphatic carbocycles. The predicted molar refractivity (Wildman–Crippen MR) is 78.1 cm³/mol. The summed E-state index contributed by atoms with van der Waals surface area (Å²) in [5, 5.41) is 12.5. The van der Waals surface area contributed by atoms with Gasteiger partial charge in [0, 0.05) is 0 Å². The number of rotatable bonds is 6. The molecule has 0 radical (unpaired) electrons. The number of aliphatic hydroxyl groups excluding tert-OH is 1. The molecule has 2 N–H and O–H groups in total. The monoisotopic (exact) mass is 289 g/mol. The minimum atomic E-state index is -0.837.